The second-order valence-electron chi connectivity index (χ2n) is 3.71. The van der Waals surface area contributed by atoms with E-state index in [0.717, 1.165) is 3.79 Å². The predicted molar refractivity (Wildman–Crippen MR) is 81.7 cm³/mol. The molecule has 0 fully saturated rings. The number of benzene rings is 1. The van der Waals surface area contributed by atoms with E-state index in [-0.39, 0.29) is 9.37 Å². The normalized spacial score (nSPS) is 11.6. The number of sulfonamides is 1. The van der Waals surface area contributed by atoms with Gasteiger partial charge in [0.2, 0.25) is 0 Å². The first-order valence-corrected chi connectivity index (χ1v) is 8.92. The lowest BCUT2D eigenvalue weighted by Gasteiger charge is -2.08. The third-order valence-electron chi connectivity index (χ3n) is 2.30. The van der Waals surface area contributed by atoms with E-state index in [1.54, 1.807) is 13.0 Å². The zero-order chi connectivity index (χ0) is 14.2. The number of rotatable bonds is 3. The smallest absolute Gasteiger partial charge is 0.263 e. The highest BCUT2D eigenvalue weighted by Crippen LogP contribution is 2.31. The highest BCUT2D eigenvalue weighted by Gasteiger charge is 2.19. The zero-order valence-electron chi connectivity index (χ0n) is 9.58. The third-order valence-corrected chi connectivity index (χ3v) is 6.10. The molecule has 0 aliphatic rings. The van der Waals surface area contributed by atoms with Crippen molar-refractivity contribution in [3.05, 3.63) is 43.2 Å². The van der Waals surface area contributed by atoms with Crippen molar-refractivity contribution in [3.63, 3.8) is 0 Å². The highest BCUT2D eigenvalue weighted by molar-refractivity contribution is 9.11. The lowest BCUT2D eigenvalue weighted by molar-refractivity contribution is 0.600. The maximum atomic E-state index is 13.1. The Kier molecular flexibility index (Phi) is 4.34. The monoisotopic (exact) mass is 427 g/mol. The molecule has 0 atom stereocenters. The molecule has 0 saturated carbocycles. The summed E-state index contributed by atoms with van der Waals surface area (Å²) in [5, 5.41) is 0. The molecule has 1 heterocycles. The lowest BCUT2D eigenvalue weighted by atomic mass is 10.3. The van der Waals surface area contributed by atoms with Crippen molar-refractivity contribution in [1.82, 2.24) is 0 Å². The minimum Gasteiger partial charge on any atom is -0.280 e. The highest BCUT2D eigenvalue weighted by atomic mass is 79.9. The van der Waals surface area contributed by atoms with Crippen LogP contribution in [0.25, 0.3) is 0 Å². The van der Waals surface area contributed by atoms with Crippen molar-refractivity contribution in [2.24, 2.45) is 0 Å². The van der Waals surface area contributed by atoms with Crippen LogP contribution in [0, 0.1) is 12.7 Å². The molecule has 0 unspecified atom stereocenters. The summed E-state index contributed by atoms with van der Waals surface area (Å²) in [5.74, 6) is -0.447. The van der Waals surface area contributed by atoms with Crippen LogP contribution in [0.15, 0.2) is 37.4 Å². The third kappa shape index (κ3) is 3.36. The van der Waals surface area contributed by atoms with Gasteiger partial charge in [0.15, 0.2) is 0 Å². The van der Waals surface area contributed by atoms with Gasteiger partial charge < -0.3 is 0 Å². The molecular weight excluding hydrogens is 421 g/mol. The molecule has 1 N–H and O–H groups in total. The summed E-state index contributed by atoms with van der Waals surface area (Å²) in [4.78, 5) is 0.894. The van der Waals surface area contributed by atoms with E-state index in [4.69, 9.17) is 0 Å². The number of halogens is 3. The Bertz CT molecular complexity index is 728. The Morgan fingerprint density at radius 1 is 1.26 bits per heavy atom. The van der Waals surface area contributed by atoms with Gasteiger partial charge in [0.1, 0.15) is 10.7 Å². The molecule has 0 spiro atoms. The minimum absolute atomic E-state index is 0.205. The maximum Gasteiger partial charge on any atom is 0.263 e. The summed E-state index contributed by atoms with van der Waals surface area (Å²) >= 11 is 7.60. The molecule has 0 aliphatic carbocycles. The van der Waals surface area contributed by atoms with Gasteiger partial charge in [-0.1, -0.05) is 0 Å². The van der Waals surface area contributed by atoms with Crippen LogP contribution in [0.5, 0.6) is 0 Å². The average Bonchev–Trinajstić information content (AvgIpc) is 2.63. The Labute approximate surface area is 131 Å². The molecule has 1 aromatic heterocycles. The SMILES string of the molecule is Cc1sc(Br)cc1S(=O)(=O)Nc1ccc(F)c(Br)c1. The summed E-state index contributed by atoms with van der Waals surface area (Å²) in [6, 6.07) is 5.48. The van der Waals surface area contributed by atoms with E-state index in [1.165, 1.54) is 29.5 Å². The fourth-order valence-corrected chi connectivity index (χ4v) is 5.31. The molecule has 19 heavy (non-hydrogen) atoms. The molecule has 0 amide bonds. The van der Waals surface area contributed by atoms with Crippen molar-refractivity contribution >= 4 is 58.9 Å². The van der Waals surface area contributed by atoms with Crippen LogP contribution in [0.4, 0.5) is 10.1 Å². The van der Waals surface area contributed by atoms with Gasteiger partial charge in [0.25, 0.3) is 10.0 Å². The first kappa shape index (κ1) is 15.0. The van der Waals surface area contributed by atoms with Gasteiger partial charge in [-0.05, 0) is 63.0 Å². The molecule has 1 aromatic carbocycles. The van der Waals surface area contributed by atoms with Crippen molar-refractivity contribution in [2.75, 3.05) is 4.72 Å². The van der Waals surface area contributed by atoms with E-state index < -0.39 is 15.8 Å². The summed E-state index contributed by atoms with van der Waals surface area (Å²) in [6.45, 7) is 1.73. The van der Waals surface area contributed by atoms with Crippen LogP contribution in [-0.4, -0.2) is 8.42 Å². The molecule has 0 bridgehead atoms. The Morgan fingerprint density at radius 3 is 2.47 bits per heavy atom. The van der Waals surface area contributed by atoms with Crippen LogP contribution in [0.3, 0.4) is 0 Å². The first-order valence-electron chi connectivity index (χ1n) is 5.03. The van der Waals surface area contributed by atoms with E-state index in [2.05, 4.69) is 36.6 Å². The number of hydrogen-bond acceptors (Lipinski definition) is 3. The number of thiophene rings is 1. The molecule has 0 saturated heterocycles. The molecule has 3 nitrogen and oxygen atoms in total. The summed E-state index contributed by atoms with van der Waals surface area (Å²) in [6.07, 6.45) is 0. The van der Waals surface area contributed by atoms with Crippen LogP contribution in [-0.2, 0) is 10.0 Å². The van der Waals surface area contributed by atoms with Gasteiger partial charge >= 0.3 is 0 Å². The van der Waals surface area contributed by atoms with Crippen molar-refractivity contribution in [2.45, 2.75) is 11.8 Å². The Balaban J connectivity index is 2.36. The largest absolute Gasteiger partial charge is 0.280 e. The number of aryl methyl sites for hydroxylation is 1. The molecule has 0 radical (unpaired) electrons. The van der Waals surface area contributed by atoms with E-state index in [1.807, 2.05) is 0 Å². The van der Waals surface area contributed by atoms with E-state index in [9.17, 15) is 12.8 Å². The topological polar surface area (TPSA) is 46.2 Å². The van der Waals surface area contributed by atoms with Gasteiger partial charge in [0, 0.05) is 4.88 Å². The first-order chi connectivity index (χ1) is 8.79. The van der Waals surface area contributed by atoms with Gasteiger partial charge in [0.05, 0.1) is 13.9 Å². The number of hydrogen-bond donors (Lipinski definition) is 1. The fourth-order valence-electron chi connectivity index (χ4n) is 1.47. The van der Waals surface area contributed by atoms with Gasteiger partial charge in [-0.15, -0.1) is 11.3 Å². The molecule has 0 aliphatic heterocycles. The second-order valence-corrected chi connectivity index (χ2v) is 8.85. The molecule has 102 valence electrons. The van der Waals surface area contributed by atoms with Gasteiger partial charge in [-0.3, -0.25) is 4.72 Å². The van der Waals surface area contributed by atoms with Crippen molar-refractivity contribution < 1.29 is 12.8 Å². The summed E-state index contributed by atoms with van der Waals surface area (Å²) in [5.41, 5.74) is 0.301. The molecule has 2 rings (SSSR count). The van der Waals surface area contributed by atoms with Crippen LogP contribution >= 0.6 is 43.2 Å². The van der Waals surface area contributed by atoms with Crippen molar-refractivity contribution in [3.8, 4) is 0 Å². The number of nitrogens with one attached hydrogen (secondary N) is 1. The van der Waals surface area contributed by atoms with Crippen LogP contribution < -0.4 is 4.72 Å². The Hall–Kier alpha value is -0.440. The standard InChI is InChI=1S/C11H8Br2FNO2S2/c1-6-10(5-11(13)18-6)19(16,17)15-7-2-3-9(14)8(12)4-7/h2-5,15H,1H3. The molecular formula is C11H8Br2FNO2S2. The van der Waals surface area contributed by atoms with E-state index in [0.29, 0.717) is 10.6 Å². The lowest BCUT2D eigenvalue weighted by Crippen LogP contribution is -2.13. The Morgan fingerprint density at radius 2 is 1.95 bits per heavy atom. The van der Waals surface area contributed by atoms with Gasteiger partial charge in [-0.25, -0.2) is 12.8 Å². The quantitative estimate of drug-likeness (QED) is 0.780. The molecule has 8 heteroatoms. The summed E-state index contributed by atoms with van der Waals surface area (Å²) < 4.78 is 40.9. The average molecular weight is 429 g/mol. The second kappa shape index (κ2) is 5.51. The zero-order valence-corrected chi connectivity index (χ0v) is 14.4. The van der Waals surface area contributed by atoms with Crippen LogP contribution in [0.1, 0.15) is 4.88 Å². The van der Waals surface area contributed by atoms with Gasteiger partial charge in [-0.2, -0.15) is 0 Å². The summed E-state index contributed by atoms with van der Waals surface area (Å²) in [7, 11) is -3.67. The maximum absolute atomic E-state index is 13.1. The molecule has 2 aromatic rings. The van der Waals surface area contributed by atoms with E-state index >= 15 is 0 Å². The predicted octanol–water partition coefficient (Wildman–Crippen LogP) is 4.52. The minimum atomic E-state index is -3.67. The van der Waals surface area contributed by atoms with Crippen LogP contribution in [0.2, 0.25) is 0 Å². The fraction of sp³-hybridized carbons (Fsp3) is 0.0909. The van der Waals surface area contributed by atoms with Crippen molar-refractivity contribution in [1.29, 1.82) is 0 Å². The number of anilines is 1.